The van der Waals surface area contributed by atoms with Crippen LogP contribution in [0.4, 0.5) is 0 Å². The van der Waals surface area contributed by atoms with Gasteiger partial charge in [-0.05, 0) is 116 Å². The van der Waals surface area contributed by atoms with Crippen LogP contribution in [0.5, 0.6) is 0 Å². The first-order chi connectivity index (χ1) is 40.5. The molecule has 0 aromatic rings. The van der Waals surface area contributed by atoms with E-state index in [1.54, 1.807) is 0 Å². The fourth-order valence-corrected chi connectivity index (χ4v) is 9.36. The Morgan fingerprint density at radius 3 is 0.744 bits per heavy atom. The van der Waals surface area contributed by atoms with Crippen LogP contribution in [-0.4, -0.2) is 37.2 Å². The van der Waals surface area contributed by atoms with Crippen molar-refractivity contribution < 1.29 is 28.6 Å². The molecule has 0 saturated carbocycles. The first-order valence-corrected chi connectivity index (χ1v) is 34.2. The third kappa shape index (κ3) is 66.4. The van der Waals surface area contributed by atoms with E-state index >= 15 is 0 Å². The van der Waals surface area contributed by atoms with Crippen molar-refractivity contribution >= 4 is 17.9 Å². The number of esters is 3. The molecule has 0 saturated heterocycles. The number of rotatable bonds is 61. The van der Waals surface area contributed by atoms with E-state index in [1.807, 2.05) is 0 Å². The van der Waals surface area contributed by atoms with Gasteiger partial charge in [0.15, 0.2) is 6.10 Å². The maximum Gasteiger partial charge on any atom is 0.306 e. The molecule has 82 heavy (non-hydrogen) atoms. The van der Waals surface area contributed by atoms with Crippen LogP contribution < -0.4 is 0 Å². The Bertz CT molecular complexity index is 1730. The summed E-state index contributed by atoms with van der Waals surface area (Å²) < 4.78 is 16.9. The third-order valence-corrected chi connectivity index (χ3v) is 14.4. The van der Waals surface area contributed by atoms with E-state index in [0.717, 1.165) is 141 Å². The van der Waals surface area contributed by atoms with Crippen LogP contribution in [0.25, 0.3) is 0 Å². The molecule has 6 nitrogen and oxygen atoms in total. The molecular weight excluding hydrogens is 1010 g/mol. The lowest BCUT2D eigenvalue weighted by molar-refractivity contribution is -0.167. The zero-order valence-corrected chi connectivity index (χ0v) is 53.5. The Morgan fingerprint density at radius 1 is 0.256 bits per heavy atom. The second-order valence-electron chi connectivity index (χ2n) is 22.3. The van der Waals surface area contributed by atoms with Gasteiger partial charge >= 0.3 is 17.9 Å². The molecule has 466 valence electrons. The maximum atomic E-state index is 12.9. The summed E-state index contributed by atoms with van der Waals surface area (Å²) in [6.45, 7) is 6.41. The standard InChI is InChI=1S/C76H126O6/c1-4-7-10-13-16-19-22-24-26-28-30-32-34-36-37-38-39-41-42-44-46-48-50-52-54-57-60-63-66-69-75(78)81-72-73(71-80-74(77)68-65-62-59-56-21-18-15-12-9-6-3)82-76(79)70-67-64-61-58-55-53-51-49-47-45-43-40-35-33-31-29-27-25-23-20-17-14-11-8-5-2/h7-8,10-11,16-17,19-20,24-27,30-33,36-37,40,43,47,49,73H,4-6,9,12-15,18,21-23,28-29,34-35,38-39,41-42,44-46,48,50-72H2,1-3H3/b10-7-,11-8-,19-16-,20-17-,26-24-,27-25-,32-30-,33-31-,37-36-,43-40-,49-47-. The minimum atomic E-state index is -0.790. The van der Waals surface area contributed by atoms with Crippen LogP contribution in [-0.2, 0) is 28.6 Å². The van der Waals surface area contributed by atoms with Gasteiger partial charge in [-0.15, -0.1) is 0 Å². The van der Waals surface area contributed by atoms with E-state index in [4.69, 9.17) is 14.2 Å². The molecule has 0 aliphatic rings. The Labute approximate surface area is 506 Å². The second kappa shape index (κ2) is 69.0. The van der Waals surface area contributed by atoms with Crippen molar-refractivity contribution in [3.8, 4) is 0 Å². The molecule has 1 unspecified atom stereocenters. The minimum absolute atomic E-state index is 0.0845. The van der Waals surface area contributed by atoms with Gasteiger partial charge in [-0.3, -0.25) is 14.4 Å². The molecule has 0 bridgehead atoms. The molecule has 0 amide bonds. The highest BCUT2D eigenvalue weighted by Crippen LogP contribution is 2.16. The third-order valence-electron chi connectivity index (χ3n) is 14.4. The van der Waals surface area contributed by atoms with Gasteiger partial charge in [0.05, 0.1) is 0 Å². The predicted octanol–water partition coefficient (Wildman–Crippen LogP) is 23.7. The van der Waals surface area contributed by atoms with Gasteiger partial charge in [0.1, 0.15) is 13.2 Å². The number of ether oxygens (including phenoxy) is 3. The Hall–Kier alpha value is -4.45. The highest BCUT2D eigenvalue weighted by Gasteiger charge is 2.19. The molecule has 0 aromatic heterocycles. The van der Waals surface area contributed by atoms with E-state index in [1.165, 1.54) is 128 Å². The fraction of sp³-hybridized carbons (Fsp3) is 0.671. The van der Waals surface area contributed by atoms with Crippen molar-refractivity contribution in [1.29, 1.82) is 0 Å². The van der Waals surface area contributed by atoms with Crippen LogP contribution in [0.15, 0.2) is 134 Å². The van der Waals surface area contributed by atoms with Crippen molar-refractivity contribution in [3.63, 3.8) is 0 Å². The van der Waals surface area contributed by atoms with Crippen molar-refractivity contribution in [1.82, 2.24) is 0 Å². The zero-order valence-electron chi connectivity index (χ0n) is 53.5. The van der Waals surface area contributed by atoms with Crippen LogP contribution in [0.2, 0.25) is 0 Å². The summed E-state index contributed by atoms with van der Waals surface area (Å²) in [4.78, 5) is 38.3. The van der Waals surface area contributed by atoms with Crippen molar-refractivity contribution in [3.05, 3.63) is 134 Å². The first-order valence-electron chi connectivity index (χ1n) is 34.2. The molecule has 0 aromatic carbocycles. The summed E-state index contributed by atoms with van der Waals surface area (Å²) in [5.41, 5.74) is 0. The number of hydrogen-bond donors (Lipinski definition) is 0. The molecule has 0 aliphatic carbocycles. The number of unbranched alkanes of at least 4 members (excludes halogenated alkanes) is 28. The van der Waals surface area contributed by atoms with Crippen molar-refractivity contribution in [2.24, 2.45) is 0 Å². The van der Waals surface area contributed by atoms with E-state index in [0.29, 0.717) is 19.3 Å². The number of allylic oxidation sites excluding steroid dienone is 22. The monoisotopic (exact) mass is 1130 g/mol. The average molecular weight is 1140 g/mol. The lowest BCUT2D eigenvalue weighted by Crippen LogP contribution is -2.30. The minimum Gasteiger partial charge on any atom is -0.462 e. The number of carbonyl (C=O) groups excluding carboxylic acids is 3. The molecule has 1 atom stereocenters. The van der Waals surface area contributed by atoms with Gasteiger partial charge in [0.2, 0.25) is 0 Å². The van der Waals surface area contributed by atoms with Crippen molar-refractivity contribution in [2.75, 3.05) is 13.2 Å². The summed E-state index contributed by atoms with van der Waals surface area (Å²) in [7, 11) is 0. The molecule has 0 fully saturated rings. The first kappa shape index (κ1) is 77.5. The Kier molecular flexibility index (Phi) is 65.3. The lowest BCUT2D eigenvalue weighted by atomic mass is 10.0. The SMILES string of the molecule is CC/C=C\C/C=C\C/C=C\C/C=C\C/C=C\C/C=C\CCCCCCCCC(=O)OC(COC(=O)CCCCCCCCCCCC)COC(=O)CCCCCCCCCCCCCCC/C=C\C/C=C\C/C=C\C/C=C\C/C=C\CC. The quantitative estimate of drug-likeness (QED) is 0.0261. The molecule has 0 heterocycles. The zero-order chi connectivity index (χ0) is 59.2. The van der Waals surface area contributed by atoms with Crippen LogP contribution >= 0.6 is 0 Å². The summed E-state index contributed by atoms with van der Waals surface area (Å²) >= 11 is 0. The van der Waals surface area contributed by atoms with Gasteiger partial charge in [-0.1, -0.05) is 309 Å². The van der Waals surface area contributed by atoms with Crippen LogP contribution in [0, 0.1) is 0 Å². The van der Waals surface area contributed by atoms with Crippen LogP contribution in [0.3, 0.4) is 0 Å². The summed E-state index contributed by atoms with van der Waals surface area (Å²) in [5, 5.41) is 0. The van der Waals surface area contributed by atoms with Gasteiger partial charge in [0, 0.05) is 19.3 Å². The van der Waals surface area contributed by atoms with E-state index in [-0.39, 0.29) is 31.1 Å². The summed E-state index contributed by atoms with van der Waals surface area (Å²) in [6, 6.07) is 0. The van der Waals surface area contributed by atoms with E-state index in [2.05, 4.69) is 154 Å². The van der Waals surface area contributed by atoms with E-state index in [9.17, 15) is 14.4 Å². The second-order valence-corrected chi connectivity index (χ2v) is 22.3. The molecule has 0 radical (unpaired) electrons. The number of carbonyl (C=O) groups is 3. The molecule has 0 spiro atoms. The highest BCUT2D eigenvalue weighted by molar-refractivity contribution is 5.71. The summed E-state index contributed by atoms with van der Waals surface area (Å²) in [5.74, 6) is -0.895. The van der Waals surface area contributed by atoms with Crippen LogP contribution in [0.1, 0.15) is 310 Å². The Balaban J connectivity index is 4.26. The summed E-state index contributed by atoms with van der Waals surface area (Å²) in [6.07, 6.45) is 97.6. The lowest BCUT2D eigenvalue weighted by Gasteiger charge is -2.18. The smallest absolute Gasteiger partial charge is 0.306 e. The average Bonchev–Trinajstić information content (AvgIpc) is 3.47. The Morgan fingerprint density at radius 2 is 0.476 bits per heavy atom. The van der Waals surface area contributed by atoms with Gasteiger partial charge in [-0.25, -0.2) is 0 Å². The van der Waals surface area contributed by atoms with Gasteiger partial charge < -0.3 is 14.2 Å². The van der Waals surface area contributed by atoms with Gasteiger partial charge in [0.25, 0.3) is 0 Å². The molecular formula is C76H126O6. The largest absolute Gasteiger partial charge is 0.462 e. The van der Waals surface area contributed by atoms with Gasteiger partial charge in [-0.2, -0.15) is 0 Å². The molecule has 6 heteroatoms. The maximum absolute atomic E-state index is 12.9. The highest BCUT2D eigenvalue weighted by atomic mass is 16.6. The fourth-order valence-electron chi connectivity index (χ4n) is 9.36. The predicted molar refractivity (Wildman–Crippen MR) is 357 cm³/mol. The molecule has 0 N–H and O–H groups in total. The topological polar surface area (TPSA) is 78.9 Å². The normalized spacial score (nSPS) is 13.0. The molecule has 0 aliphatic heterocycles. The van der Waals surface area contributed by atoms with E-state index < -0.39 is 6.10 Å². The molecule has 0 rings (SSSR count). The van der Waals surface area contributed by atoms with Crippen molar-refractivity contribution in [2.45, 2.75) is 316 Å². The number of hydrogen-bond acceptors (Lipinski definition) is 6.